The van der Waals surface area contributed by atoms with Gasteiger partial charge in [-0.3, -0.25) is 0 Å². The van der Waals surface area contributed by atoms with Gasteiger partial charge in [0.15, 0.2) is 0 Å². The van der Waals surface area contributed by atoms with E-state index in [1.165, 1.54) is 64.6 Å². The Labute approximate surface area is 113 Å². The van der Waals surface area contributed by atoms with Crippen LogP contribution in [-0.2, 0) is 0 Å². The van der Waals surface area contributed by atoms with Crippen molar-refractivity contribution in [2.24, 2.45) is 17.1 Å². The van der Waals surface area contributed by atoms with Crippen molar-refractivity contribution in [1.29, 1.82) is 0 Å². The molecule has 0 aromatic rings. The molecule has 2 nitrogen and oxygen atoms in total. The highest BCUT2D eigenvalue weighted by molar-refractivity contribution is 5.85. The van der Waals surface area contributed by atoms with Gasteiger partial charge in [-0.25, -0.2) is 0 Å². The monoisotopic (exact) mass is 260 g/mol. The first-order valence-electron chi connectivity index (χ1n) is 7.14. The van der Waals surface area contributed by atoms with Crippen LogP contribution in [0.15, 0.2) is 0 Å². The lowest BCUT2D eigenvalue weighted by Crippen LogP contribution is -2.33. The number of hydrogen-bond acceptors (Lipinski definition) is 2. The molecule has 1 saturated carbocycles. The number of rotatable bonds is 3. The fourth-order valence-electron chi connectivity index (χ4n) is 3.36. The summed E-state index contributed by atoms with van der Waals surface area (Å²) in [6.07, 6.45) is 10.1. The normalized spacial score (nSPS) is 32.1. The number of nitrogens with zero attached hydrogens (tertiary/aromatic N) is 1. The SMILES string of the molecule is CC1(CN)CCN(CC2CCCCCC2)C1.Cl. The van der Waals surface area contributed by atoms with Gasteiger partial charge in [0.25, 0.3) is 0 Å². The summed E-state index contributed by atoms with van der Waals surface area (Å²) < 4.78 is 0. The van der Waals surface area contributed by atoms with Gasteiger partial charge in [-0.05, 0) is 43.7 Å². The first-order chi connectivity index (χ1) is 7.72. The lowest BCUT2D eigenvalue weighted by atomic mass is 9.90. The average molecular weight is 261 g/mol. The Balaban J connectivity index is 0.00000144. The number of likely N-dealkylation sites (tertiary alicyclic amines) is 1. The number of hydrogen-bond donors (Lipinski definition) is 1. The van der Waals surface area contributed by atoms with Gasteiger partial charge in [-0.15, -0.1) is 12.4 Å². The molecule has 17 heavy (non-hydrogen) atoms. The summed E-state index contributed by atoms with van der Waals surface area (Å²) in [4.78, 5) is 2.67. The van der Waals surface area contributed by atoms with E-state index in [9.17, 15) is 0 Å². The van der Waals surface area contributed by atoms with Crippen LogP contribution in [0, 0.1) is 11.3 Å². The quantitative estimate of drug-likeness (QED) is 0.791. The molecule has 1 saturated heterocycles. The number of nitrogens with two attached hydrogens (primary N) is 1. The zero-order chi connectivity index (χ0) is 11.4. The van der Waals surface area contributed by atoms with E-state index in [1.807, 2.05) is 0 Å². The molecule has 1 heterocycles. The van der Waals surface area contributed by atoms with E-state index in [-0.39, 0.29) is 12.4 Å². The summed E-state index contributed by atoms with van der Waals surface area (Å²) >= 11 is 0. The first-order valence-corrected chi connectivity index (χ1v) is 7.14. The molecule has 3 heteroatoms. The summed E-state index contributed by atoms with van der Waals surface area (Å²) in [5.74, 6) is 0.975. The van der Waals surface area contributed by atoms with Crippen LogP contribution >= 0.6 is 12.4 Å². The highest BCUT2D eigenvalue weighted by Crippen LogP contribution is 2.31. The molecule has 2 rings (SSSR count). The van der Waals surface area contributed by atoms with Crippen molar-refractivity contribution in [2.45, 2.75) is 51.9 Å². The molecule has 1 atom stereocenters. The zero-order valence-electron chi connectivity index (χ0n) is 11.3. The lowest BCUT2D eigenvalue weighted by Gasteiger charge is -2.25. The van der Waals surface area contributed by atoms with Crippen molar-refractivity contribution in [3.8, 4) is 0 Å². The topological polar surface area (TPSA) is 29.3 Å². The zero-order valence-corrected chi connectivity index (χ0v) is 12.1. The van der Waals surface area contributed by atoms with Gasteiger partial charge in [0.2, 0.25) is 0 Å². The summed E-state index contributed by atoms with van der Waals surface area (Å²) in [5, 5.41) is 0. The molecular weight excluding hydrogens is 232 g/mol. The van der Waals surface area contributed by atoms with Gasteiger partial charge < -0.3 is 10.6 Å². The average Bonchev–Trinajstić information content (AvgIpc) is 2.51. The minimum Gasteiger partial charge on any atom is -0.330 e. The fraction of sp³-hybridized carbons (Fsp3) is 1.00. The van der Waals surface area contributed by atoms with Gasteiger partial charge >= 0.3 is 0 Å². The third kappa shape index (κ3) is 4.42. The Morgan fingerprint density at radius 2 is 1.82 bits per heavy atom. The molecule has 1 aliphatic heterocycles. The Bertz CT molecular complexity index is 214. The van der Waals surface area contributed by atoms with Crippen LogP contribution in [0.25, 0.3) is 0 Å². The Hall–Kier alpha value is 0.210. The maximum absolute atomic E-state index is 5.86. The third-order valence-corrected chi connectivity index (χ3v) is 4.62. The highest BCUT2D eigenvalue weighted by Gasteiger charge is 2.33. The molecule has 1 aliphatic carbocycles. The van der Waals surface area contributed by atoms with E-state index in [1.54, 1.807) is 0 Å². The molecule has 0 spiro atoms. The number of halogens is 1. The van der Waals surface area contributed by atoms with Crippen molar-refractivity contribution >= 4 is 12.4 Å². The summed E-state index contributed by atoms with van der Waals surface area (Å²) in [5.41, 5.74) is 6.27. The van der Waals surface area contributed by atoms with E-state index in [4.69, 9.17) is 5.73 Å². The molecule has 0 radical (unpaired) electrons. The van der Waals surface area contributed by atoms with Gasteiger partial charge in [0.1, 0.15) is 0 Å². The van der Waals surface area contributed by atoms with Crippen LogP contribution in [0.5, 0.6) is 0 Å². The summed E-state index contributed by atoms with van der Waals surface area (Å²) in [6, 6.07) is 0. The molecule has 0 bridgehead atoms. The Morgan fingerprint density at radius 1 is 1.18 bits per heavy atom. The maximum atomic E-state index is 5.86. The molecule has 102 valence electrons. The van der Waals surface area contributed by atoms with E-state index in [0.29, 0.717) is 5.41 Å². The van der Waals surface area contributed by atoms with Crippen molar-refractivity contribution in [3.05, 3.63) is 0 Å². The first kappa shape index (κ1) is 15.3. The van der Waals surface area contributed by atoms with Crippen molar-refractivity contribution < 1.29 is 0 Å². The highest BCUT2D eigenvalue weighted by atomic mass is 35.5. The smallest absolute Gasteiger partial charge is 0.00480 e. The summed E-state index contributed by atoms with van der Waals surface area (Å²) in [7, 11) is 0. The minimum absolute atomic E-state index is 0. The molecule has 0 amide bonds. The van der Waals surface area contributed by atoms with Gasteiger partial charge in [0.05, 0.1) is 0 Å². The molecule has 2 N–H and O–H groups in total. The molecule has 2 aliphatic rings. The van der Waals surface area contributed by atoms with Crippen LogP contribution in [0.2, 0.25) is 0 Å². The van der Waals surface area contributed by atoms with Crippen molar-refractivity contribution in [2.75, 3.05) is 26.2 Å². The van der Waals surface area contributed by atoms with Gasteiger partial charge in [-0.1, -0.05) is 32.6 Å². The predicted molar refractivity (Wildman–Crippen MR) is 76.7 cm³/mol. The minimum atomic E-state index is 0. The van der Waals surface area contributed by atoms with Crippen LogP contribution in [-0.4, -0.2) is 31.1 Å². The lowest BCUT2D eigenvalue weighted by molar-refractivity contribution is 0.232. The standard InChI is InChI=1S/C14H28N2.ClH/c1-14(11-15)8-9-16(12-14)10-13-6-4-2-3-5-7-13;/h13H,2-12,15H2,1H3;1H. The van der Waals surface area contributed by atoms with Crippen molar-refractivity contribution in [1.82, 2.24) is 4.90 Å². The molecule has 2 fully saturated rings. The van der Waals surface area contributed by atoms with Gasteiger partial charge in [0, 0.05) is 13.1 Å². The van der Waals surface area contributed by atoms with Crippen LogP contribution in [0.4, 0.5) is 0 Å². The van der Waals surface area contributed by atoms with Crippen LogP contribution < -0.4 is 5.73 Å². The maximum Gasteiger partial charge on any atom is 0.00480 e. The second-order valence-electron chi connectivity index (χ2n) is 6.36. The fourth-order valence-corrected chi connectivity index (χ4v) is 3.36. The Kier molecular flexibility index (Phi) is 6.25. The summed E-state index contributed by atoms with van der Waals surface area (Å²) in [6.45, 7) is 7.06. The van der Waals surface area contributed by atoms with Crippen LogP contribution in [0.3, 0.4) is 0 Å². The van der Waals surface area contributed by atoms with Crippen molar-refractivity contribution in [3.63, 3.8) is 0 Å². The second-order valence-corrected chi connectivity index (χ2v) is 6.36. The van der Waals surface area contributed by atoms with Crippen LogP contribution in [0.1, 0.15) is 51.9 Å². The molecular formula is C14H29ClN2. The predicted octanol–water partition coefficient (Wildman–Crippen LogP) is 3.05. The van der Waals surface area contributed by atoms with E-state index in [0.717, 1.165) is 12.5 Å². The second kappa shape index (κ2) is 6.96. The van der Waals surface area contributed by atoms with E-state index in [2.05, 4.69) is 11.8 Å². The molecule has 0 aromatic carbocycles. The largest absolute Gasteiger partial charge is 0.330 e. The third-order valence-electron chi connectivity index (χ3n) is 4.62. The Morgan fingerprint density at radius 3 is 2.35 bits per heavy atom. The molecule has 0 aromatic heterocycles. The van der Waals surface area contributed by atoms with Gasteiger partial charge in [-0.2, -0.15) is 0 Å². The molecule has 1 unspecified atom stereocenters. The van der Waals surface area contributed by atoms with E-state index >= 15 is 0 Å². The van der Waals surface area contributed by atoms with E-state index < -0.39 is 0 Å².